The van der Waals surface area contributed by atoms with Crippen LogP contribution in [0.25, 0.3) is 83.4 Å². The third-order valence-electron chi connectivity index (χ3n) is 13.8. The van der Waals surface area contributed by atoms with Crippen LogP contribution in [0.4, 0.5) is 0 Å². The first kappa shape index (κ1) is 42.2. The van der Waals surface area contributed by atoms with E-state index in [0.717, 1.165) is 71.8 Å². The van der Waals surface area contributed by atoms with Crippen molar-refractivity contribution in [1.82, 2.24) is 14.1 Å². The van der Waals surface area contributed by atoms with Crippen molar-refractivity contribution in [2.45, 2.75) is 79.0 Å². The van der Waals surface area contributed by atoms with E-state index in [4.69, 9.17) is 13.8 Å². The molecule has 0 aliphatic heterocycles. The quantitative estimate of drug-likeness (QED) is 0.101. The zero-order chi connectivity index (χ0) is 55.2. The maximum Gasteiger partial charge on any atom is 0.268 e. The van der Waals surface area contributed by atoms with Gasteiger partial charge in [0.2, 0.25) is 0 Å². The minimum Gasteiger partial charge on any atom is -0.510 e. The van der Waals surface area contributed by atoms with Gasteiger partial charge < -0.3 is 13.9 Å². The number of rotatable bonds is 10. The molecule has 5 nitrogen and oxygen atoms in total. The minimum absolute atomic E-state index is 0. The Kier molecular flexibility index (Phi) is 11.3. The minimum atomic E-state index is -0.846. The van der Waals surface area contributed by atoms with Gasteiger partial charge in [-0.3, -0.25) is 4.57 Å². The van der Waals surface area contributed by atoms with Gasteiger partial charge in [0.05, 0.1) is 23.6 Å². The molecule has 366 valence electrons. The van der Waals surface area contributed by atoms with E-state index >= 15 is 0 Å². The molecular formula is C67H60N4OPt-2. The van der Waals surface area contributed by atoms with E-state index in [2.05, 4.69) is 133 Å². The summed E-state index contributed by atoms with van der Waals surface area (Å²) in [5, 5.41) is 2.00. The molecule has 3 aromatic heterocycles. The largest absolute Gasteiger partial charge is 0.510 e. The molecule has 1 unspecified atom stereocenters. The first-order valence-electron chi connectivity index (χ1n) is 27.7. The van der Waals surface area contributed by atoms with Crippen LogP contribution in [0.15, 0.2) is 188 Å². The summed E-state index contributed by atoms with van der Waals surface area (Å²) in [6.07, 6.45) is 5.45. The number of imidazole rings is 1. The molecule has 0 amide bonds. The fourth-order valence-corrected chi connectivity index (χ4v) is 9.55. The Hall–Kier alpha value is -7.33. The number of ether oxygens (including phenoxy) is 1. The van der Waals surface area contributed by atoms with Crippen LogP contribution in [-0.2, 0) is 31.9 Å². The van der Waals surface area contributed by atoms with Gasteiger partial charge in [-0.15, -0.1) is 29.7 Å². The SMILES string of the molecule is [2H]c1c([2H])c([2H])c(-c2cccc(-c3cc(C(C)(C)C)cc(C(C)(C)C)c3)c2-[n+]2[c-]n(-c3[c-]c(Oc4[c-]c5c(cc4)c4cc(-c6ccccc6)ccc4n5-c4cc(C([2H])(C)C(C)C)ccn4)ccc3)c3ccccc32)c([2H])c1[2H].[Pt]. The van der Waals surface area contributed by atoms with Gasteiger partial charge in [0.25, 0.3) is 6.33 Å². The maximum atomic E-state index is 9.29. The summed E-state index contributed by atoms with van der Waals surface area (Å²) in [6, 6.07) is 56.1. The monoisotopic (exact) mass is 1140 g/mol. The first-order chi connectivity index (χ1) is 37.1. The van der Waals surface area contributed by atoms with Gasteiger partial charge in [-0.1, -0.05) is 201 Å². The first-order valence-corrected chi connectivity index (χ1v) is 24.7. The number of pyridine rings is 1. The van der Waals surface area contributed by atoms with Crippen molar-refractivity contribution in [2.24, 2.45) is 5.92 Å². The van der Waals surface area contributed by atoms with Crippen molar-refractivity contribution in [3.05, 3.63) is 223 Å². The number of benzene rings is 8. The van der Waals surface area contributed by atoms with E-state index in [1.165, 1.54) is 0 Å². The standard InChI is InChI=1S/C67H60N4O.Pt/c1-44(2)45(3)48-34-35-68-64(39-48)71-60-33-30-49(46-20-12-10-13-21-46)38-59(60)58-32-31-55(42-63(58)71)72-54-25-18-24-53(41-54)69-43-70(62-29-17-16-28-61(62)69)65-56(47-22-14-11-15-23-47)26-19-27-57(65)50-36-51(66(4,5)6)40-52(37-50)67(7,8)9;/h10-40,44-45H,1-9H3;/q-2;/i11D,14D,15D,22D,23D,45D;. The summed E-state index contributed by atoms with van der Waals surface area (Å²) in [5.41, 5.74) is 11.7. The van der Waals surface area contributed by atoms with Crippen LogP contribution >= 0.6 is 0 Å². The zero-order valence-corrected chi connectivity index (χ0v) is 44.9. The number of aromatic nitrogens is 4. The van der Waals surface area contributed by atoms with Gasteiger partial charge in [-0.05, 0) is 102 Å². The van der Waals surface area contributed by atoms with Crippen LogP contribution < -0.4 is 9.30 Å². The van der Waals surface area contributed by atoms with Gasteiger partial charge in [0, 0.05) is 45.6 Å². The third-order valence-corrected chi connectivity index (χ3v) is 13.8. The maximum absolute atomic E-state index is 9.29. The van der Waals surface area contributed by atoms with Crippen molar-refractivity contribution in [3.63, 3.8) is 0 Å². The Morgan fingerprint density at radius 3 is 2.01 bits per heavy atom. The molecule has 8 aromatic carbocycles. The molecule has 0 radical (unpaired) electrons. The molecular weight excluding hydrogens is 1070 g/mol. The zero-order valence-electron chi connectivity index (χ0n) is 48.6. The summed E-state index contributed by atoms with van der Waals surface area (Å²) in [6.45, 7) is 19.3. The third kappa shape index (κ3) is 9.48. The molecule has 0 aliphatic carbocycles. The molecule has 0 saturated heterocycles. The molecule has 3 heterocycles. The van der Waals surface area contributed by atoms with Gasteiger partial charge in [0.15, 0.2) is 0 Å². The van der Waals surface area contributed by atoms with Gasteiger partial charge in [-0.25, -0.2) is 4.98 Å². The smallest absolute Gasteiger partial charge is 0.268 e. The molecule has 0 saturated carbocycles. The van der Waals surface area contributed by atoms with Crippen LogP contribution in [-0.4, -0.2) is 14.1 Å². The van der Waals surface area contributed by atoms with E-state index in [1.54, 1.807) is 6.20 Å². The second-order valence-electron chi connectivity index (χ2n) is 21.0. The number of hydrogen-bond acceptors (Lipinski definition) is 2. The molecule has 0 N–H and O–H groups in total. The van der Waals surface area contributed by atoms with E-state index in [1.807, 2.05) is 113 Å². The van der Waals surface area contributed by atoms with Crippen LogP contribution in [0.2, 0.25) is 0 Å². The molecule has 6 heteroatoms. The number of para-hydroxylation sites is 3. The summed E-state index contributed by atoms with van der Waals surface area (Å²) in [4.78, 5) is 4.90. The van der Waals surface area contributed by atoms with Crippen LogP contribution in [0.5, 0.6) is 11.5 Å². The summed E-state index contributed by atoms with van der Waals surface area (Å²) in [5.74, 6) is 0.797. The van der Waals surface area contributed by atoms with Crippen molar-refractivity contribution >= 4 is 32.8 Å². The normalized spacial score (nSPS) is 14.0. The fraction of sp³-hybridized carbons (Fsp3) is 0.194. The second-order valence-corrected chi connectivity index (χ2v) is 21.0. The molecule has 0 aliphatic rings. The fourth-order valence-electron chi connectivity index (χ4n) is 9.55. The summed E-state index contributed by atoms with van der Waals surface area (Å²) >= 11 is 0. The average molecular weight is 1140 g/mol. The van der Waals surface area contributed by atoms with Crippen LogP contribution in [0.3, 0.4) is 0 Å². The number of hydrogen-bond donors (Lipinski definition) is 0. The molecule has 1 atom stereocenters. The van der Waals surface area contributed by atoms with Gasteiger partial charge in [0.1, 0.15) is 5.82 Å². The molecule has 11 aromatic rings. The second kappa shape index (κ2) is 19.6. The predicted molar refractivity (Wildman–Crippen MR) is 297 cm³/mol. The number of fused-ring (bicyclic) bond motifs is 4. The Bertz CT molecular complexity index is 4110. The molecule has 0 bridgehead atoms. The Morgan fingerprint density at radius 2 is 1.29 bits per heavy atom. The number of nitrogens with zero attached hydrogens (tertiary/aromatic N) is 4. The average Bonchev–Trinajstić information content (AvgIpc) is 4.08. The topological polar surface area (TPSA) is 35.9 Å². The van der Waals surface area contributed by atoms with Crippen LogP contribution in [0.1, 0.15) is 93.1 Å². The van der Waals surface area contributed by atoms with Crippen molar-refractivity contribution in [3.8, 4) is 62.1 Å². The summed E-state index contributed by atoms with van der Waals surface area (Å²) < 4.78 is 66.5. The van der Waals surface area contributed by atoms with E-state index in [0.29, 0.717) is 34.3 Å². The van der Waals surface area contributed by atoms with E-state index in [-0.39, 0.29) is 55.5 Å². The Balaban J connectivity index is 0.00000704. The molecule has 73 heavy (non-hydrogen) atoms. The molecule has 11 rings (SSSR count). The van der Waals surface area contributed by atoms with Gasteiger partial charge >= 0.3 is 0 Å². The Labute approximate surface area is 453 Å². The molecule has 0 fully saturated rings. The van der Waals surface area contributed by atoms with E-state index in [9.17, 15) is 4.11 Å². The van der Waals surface area contributed by atoms with Crippen molar-refractivity contribution in [2.75, 3.05) is 0 Å². The van der Waals surface area contributed by atoms with Gasteiger partial charge in [-0.2, -0.15) is 18.2 Å². The van der Waals surface area contributed by atoms with Crippen molar-refractivity contribution < 1.29 is 38.6 Å². The van der Waals surface area contributed by atoms with Crippen LogP contribution in [0, 0.1) is 24.4 Å². The van der Waals surface area contributed by atoms with E-state index < -0.39 is 24.0 Å². The molecule has 0 spiro atoms. The predicted octanol–water partition coefficient (Wildman–Crippen LogP) is 16.9. The Morgan fingerprint density at radius 1 is 0.603 bits per heavy atom. The van der Waals surface area contributed by atoms with Crippen molar-refractivity contribution in [1.29, 1.82) is 0 Å². The summed E-state index contributed by atoms with van der Waals surface area (Å²) in [7, 11) is 0.